The van der Waals surface area contributed by atoms with Crippen molar-refractivity contribution >= 4 is 33.7 Å². The minimum absolute atomic E-state index is 0.0164. The molecule has 104 valence electrons. The highest BCUT2D eigenvalue weighted by atomic mass is 127. The first-order valence-electron chi connectivity index (χ1n) is 5.30. The van der Waals surface area contributed by atoms with Crippen molar-refractivity contribution in [2.24, 2.45) is 0 Å². The van der Waals surface area contributed by atoms with Gasteiger partial charge >= 0.3 is 11.9 Å². The molecular formula is C11H9F3INO3. The van der Waals surface area contributed by atoms with Crippen molar-refractivity contribution in [3.05, 3.63) is 32.3 Å². The highest BCUT2D eigenvalue weighted by molar-refractivity contribution is 14.1. The van der Waals surface area contributed by atoms with Crippen LogP contribution in [0.15, 0.2) is 27.4 Å². The Hall–Kier alpha value is -1.03. The van der Waals surface area contributed by atoms with Crippen LogP contribution >= 0.6 is 22.6 Å². The van der Waals surface area contributed by atoms with E-state index in [9.17, 15) is 18.0 Å². The Labute approximate surface area is 119 Å². The van der Waals surface area contributed by atoms with Gasteiger partial charge in [0.25, 0.3) is 0 Å². The van der Waals surface area contributed by atoms with Crippen molar-refractivity contribution in [1.82, 2.24) is 4.57 Å². The summed E-state index contributed by atoms with van der Waals surface area (Å²) in [5.74, 6) is -0.604. The van der Waals surface area contributed by atoms with Gasteiger partial charge in [0.15, 0.2) is 5.58 Å². The van der Waals surface area contributed by atoms with Gasteiger partial charge in [-0.1, -0.05) is 0 Å². The van der Waals surface area contributed by atoms with Gasteiger partial charge in [-0.2, -0.15) is 13.2 Å². The molecule has 0 N–H and O–H groups in total. The molecule has 0 aliphatic carbocycles. The Morgan fingerprint density at radius 1 is 1.37 bits per heavy atom. The number of hydrogen-bond acceptors (Lipinski definition) is 3. The van der Waals surface area contributed by atoms with E-state index in [1.165, 1.54) is 4.57 Å². The van der Waals surface area contributed by atoms with Crippen molar-refractivity contribution in [3.8, 4) is 0 Å². The molecule has 0 radical (unpaired) electrons. The number of rotatable bonds is 4. The quantitative estimate of drug-likeness (QED) is 0.599. The van der Waals surface area contributed by atoms with Gasteiger partial charge in [-0.3, -0.25) is 4.57 Å². The molecular weight excluding hydrogens is 378 g/mol. The molecule has 0 fully saturated rings. The van der Waals surface area contributed by atoms with E-state index in [-0.39, 0.29) is 13.2 Å². The molecule has 0 atom stereocenters. The van der Waals surface area contributed by atoms with Crippen molar-refractivity contribution in [2.75, 3.05) is 13.2 Å². The third-order valence-corrected chi connectivity index (χ3v) is 3.03. The van der Waals surface area contributed by atoms with E-state index in [2.05, 4.69) is 27.3 Å². The largest absolute Gasteiger partial charge is 0.420 e. The fourth-order valence-electron chi connectivity index (χ4n) is 1.60. The third kappa shape index (κ3) is 3.72. The molecule has 8 heteroatoms. The zero-order valence-corrected chi connectivity index (χ0v) is 11.7. The lowest BCUT2D eigenvalue weighted by atomic mass is 10.3. The number of ether oxygens (including phenoxy) is 1. The summed E-state index contributed by atoms with van der Waals surface area (Å²) in [5.41, 5.74) is 0.953. The molecule has 0 aliphatic heterocycles. The van der Waals surface area contributed by atoms with Crippen LogP contribution in [0.1, 0.15) is 0 Å². The average molecular weight is 387 g/mol. The Bertz CT molecular complexity index is 632. The fourth-order valence-corrected chi connectivity index (χ4v) is 2.06. The number of hydrogen-bond donors (Lipinski definition) is 0. The highest BCUT2D eigenvalue weighted by Crippen LogP contribution is 2.17. The number of nitrogens with zero attached hydrogens (tertiary/aromatic N) is 1. The molecule has 2 rings (SSSR count). The van der Waals surface area contributed by atoms with E-state index >= 15 is 0 Å². The van der Waals surface area contributed by atoms with Gasteiger partial charge in [-0.15, -0.1) is 0 Å². The lowest BCUT2D eigenvalue weighted by molar-refractivity contribution is -0.174. The second-order valence-electron chi connectivity index (χ2n) is 3.80. The zero-order chi connectivity index (χ0) is 14.0. The fraction of sp³-hybridized carbons (Fsp3) is 0.364. The summed E-state index contributed by atoms with van der Waals surface area (Å²) in [4.78, 5) is 11.6. The van der Waals surface area contributed by atoms with E-state index in [4.69, 9.17) is 4.42 Å². The third-order valence-electron chi connectivity index (χ3n) is 2.36. The van der Waals surface area contributed by atoms with Crippen LogP contribution in [0.25, 0.3) is 11.1 Å². The van der Waals surface area contributed by atoms with Crippen molar-refractivity contribution in [2.45, 2.75) is 12.7 Å². The van der Waals surface area contributed by atoms with Crippen LogP contribution in [0.3, 0.4) is 0 Å². The van der Waals surface area contributed by atoms with Crippen LogP contribution in [0.4, 0.5) is 13.2 Å². The van der Waals surface area contributed by atoms with Gasteiger partial charge < -0.3 is 9.15 Å². The van der Waals surface area contributed by atoms with Crippen LogP contribution in [-0.4, -0.2) is 24.0 Å². The summed E-state index contributed by atoms with van der Waals surface area (Å²) in [6.45, 7) is -1.52. The van der Waals surface area contributed by atoms with Gasteiger partial charge in [0, 0.05) is 3.57 Å². The summed E-state index contributed by atoms with van der Waals surface area (Å²) in [7, 11) is 0. The predicted octanol–water partition coefficient (Wildman–Crippen LogP) is 2.78. The van der Waals surface area contributed by atoms with Crippen LogP contribution in [0, 0.1) is 3.57 Å². The minimum Gasteiger partial charge on any atom is -0.408 e. The minimum atomic E-state index is -4.36. The Balaban J connectivity index is 2.09. The van der Waals surface area contributed by atoms with E-state index in [1.54, 1.807) is 18.2 Å². The summed E-state index contributed by atoms with van der Waals surface area (Å²) in [5, 5.41) is 0. The highest BCUT2D eigenvalue weighted by Gasteiger charge is 2.27. The lowest BCUT2D eigenvalue weighted by Gasteiger charge is -2.07. The maximum Gasteiger partial charge on any atom is 0.420 e. The molecule has 0 saturated heterocycles. The van der Waals surface area contributed by atoms with Gasteiger partial charge in [0.05, 0.1) is 18.7 Å². The summed E-state index contributed by atoms with van der Waals surface area (Å²) < 4.78 is 47.3. The molecule has 0 unspecified atom stereocenters. The van der Waals surface area contributed by atoms with Gasteiger partial charge in [0.2, 0.25) is 0 Å². The first-order chi connectivity index (χ1) is 8.87. The Morgan fingerprint density at radius 2 is 2.11 bits per heavy atom. The normalized spacial score (nSPS) is 12.2. The zero-order valence-electron chi connectivity index (χ0n) is 9.54. The molecule has 1 heterocycles. The molecule has 0 spiro atoms. The second kappa shape index (κ2) is 5.53. The number of halogens is 4. The van der Waals surface area contributed by atoms with Crippen LogP contribution < -0.4 is 5.76 Å². The maximum absolute atomic E-state index is 11.9. The number of alkyl halides is 3. The smallest absolute Gasteiger partial charge is 0.408 e. The first-order valence-corrected chi connectivity index (χ1v) is 6.38. The van der Waals surface area contributed by atoms with E-state index < -0.39 is 18.5 Å². The molecule has 19 heavy (non-hydrogen) atoms. The molecule has 0 amide bonds. The van der Waals surface area contributed by atoms with Crippen molar-refractivity contribution in [3.63, 3.8) is 0 Å². The molecule has 2 aromatic rings. The van der Waals surface area contributed by atoms with E-state index in [0.29, 0.717) is 11.1 Å². The Morgan fingerprint density at radius 3 is 2.79 bits per heavy atom. The topological polar surface area (TPSA) is 44.4 Å². The average Bonchev–Trinajstić information content (AvgIpc) is 2.58. The molecule has 0 aliphatic rings. The van der Waals surface area contributed by atoms with Crippen LogP contribution in [-0.2, 0) is 11.3 Å². The molecule has 1 aromatic heterocycles. The number of fused-ring (bicyclic) bond motifs is 1. The number of oxazole rings is 1. The van der Waals surface area contributed by atoms with Crippen molar-refractivity contribution in [1.29, 1.82) is 0 Å². The maximum atomic E-state index is 11.9. The molecule has 4 nitrogen and oxygen atoms in total. The standard InChI is InChI=1S/C11H9F3INO3/c12-11(13,14)6-18-4-3-16-8-2-1-7(15)5-9(8)19-10(16)17/h1-2,5H,3-4,6H2. The summed E-state index contributed by atoms with van der Waals surface area (Å²) in [6, 6.07) is 5.15. The molecule has 0 bridgehead atoms. The summed E-state index contributed by atoms with van der Waals surface area (Å²) in [6.07, 6.45) is -4.36. The lowest BCUT2D eigenvalue weighted by Crippen LogP contribution is -2.22. The van der Waals surface area contributed by atoms with E-state index in [1.807, 2.05) is 0 Å². The van der Waals surface area contributed by atoms with Crippen molar-refractivity contribution < 1.29 is 22.3 Å². The second-order valence-corrected chi connectivity index (χ2v) is 5.05. The summed E-state index contributed by atoms with van der Waals surface area (Å²) >= 11 is 2.07. The monoisotopic (exact) mass is 387 g/mol. The predicted molar refractivity (Wildman–Crippen MR) is 70.1 cm³/mol. The van der Waals surface area contributed by atoms with Gasteiger partial charge in [0.1, 0.15) is 6.61 Å². The van der Waals surface area contributed by atoms with Gasteiger partial charge in [-0.25, -0.2) is 4.79 Å². The van der Waals surface area contributed by atoms with Crippen LogP contribution in [0.2, 0.25) is 0 Å². The SMILES string of the molecule is O=c1oc2cc(I)ccc2n1CCOCC(F)(F)F. The molecule has 1 aromatic carbocycles. The first kappa shape index (κ1) is 14.4. The number of benzene rings is 1. The Kier molecular flexibility index (Phi) is 4.19. The van der Waals surface area contributed by atoms with Crippen LogP contribution in [0.5, 0.6) is 0 Å². The van der Waals surface area contributed by atoms with E-state index in [0.717, 1.165) is 3.57 Å². The number of aromatic nitrogens is 1. The van der Waals surface area contributed by atoms with Gasteiger partial charge in [-0.05, 0) is 40.8 Å². The molecule has 0 saturated carbocycles.